The number of thioether (sulfide) groups is 1. The molecule has 1 aliphatic rings. The highest BCUT2D eigenvalue weighted by atomic mass is 79.9. The van der Waals surface area contributed by atoms with Crippen LogP contribution in [0.3, 0.4) is 0 Å². The fraction of sp³-hybridized carbons (Fsp3) is 0.130. The van der Waals surface area contributed by atoms with Crippen molar-refractivity contribution in [3.8, 4) is 5.75 Å². The zero-order chi connectivity index (χ0) is 21.3. The van der Waals surface area contributed by atoms with Crippen molar-refractivity contribution in [1.29, 1.82) is 0 Å². The third-order valence-corrected chi connectivity index (χ3v) is 6.60. The fourth-order valence-electron chi connectivity index (χ4n) is 3.22. The molecule has 0 radical (unpaired) electrons. The zero-order valence-electron chi connectivity index (χ0n) is 16.5. The molecular formula is C23H19BrN2O2S2. The number of amides is 1. The third kappa shape index (κ3) is 4.24. The number of hydrogen-bond donors (Lipinski definition) is 0. The first-order valence-electron chi connectivity index (χ1n) is 9.33. The number of halogens is 1. The normalized spacial score (nSPS) is 15.3. The van der Waals surface area contributed by atoms with Crippen molar-refractivity contribution in [2.75, 3.05) is 5.01 Å². The van der Waals surface area contributed by atoms with Crippen LogP contribution < -0.4 is 9.75 Å². The molecular weight excluding hydrogens is 480 g/mol. The van der Waals surface area contributed by atoms with Gasteiger partial charge in [0.1, 0.15) is 12.4 Å². The minimum atomic E-state index is -0.118. The summed E-state index contributed by atoms with van der Waals surface area (Å²) in [5, 5.41) is 1.56. The van der Waals surface area contributed by atoms with Crippen LogP contribution in [-0.2, 0) is 11.4 Å². The Morgan fingerprint density at radius 3 is 2.43 bits per heavy atom. The zero-order valence-corrected chi connectivity index (χ0v) is 19.7. The molecule has 1 saturated heterocycles. The highest BCUT2D eigenvalue weighted by Crippen LogP contribution is 2.34. The van der Waals surface area contributed by atoms with E-state index < -0.39 is 0 Å². The average molecular weight is 499 g/mol. The van der Waals surface area contributed by atoms with Gasteiger partial charge in [-0.25, -0.2) is 0 Å². The number of aromatic nitrogens is 1. The van der Waals surface area contributed by atoms with E-state index >= 15 is 0 Å². The molecule has 3 aromatic rings. The molecule has 7 heteroatoms. The summed E-state index contributed by atoms with van der Waals surface area (Å²) in [6, 6.07) is 19.7. The average Bonchev–Trinajstić information content (AvgIpc) is 3.19. The van der Waals surface area contributed by atoms with Gasteiger partial charge in [0.2, 0.25) is 0 Å². The molecule has 0 N–H and O–H groups in total. The minimum absolute atomic E-state index is 0.118. The summed E-state index contributed by atoms with van der Waals surface area (Å²) in [6.45, 7) is 4.41. The van der Waals surface area contributed by atoms with E-state index in [1.807, 2.05) is 85.3 Å². The number of rotatable bonds is 5. The molecule has 4 rings (SSSR count). The highest BCUT2D eigenvalue weighted by molar-refractivity contribution is 9.10. The van der Waals surface area contributed by atoms with Crippen molar-refractivity contribution in [3.05, 3.63) is 92.6 Å². The number of thiocarbonyl (C=S) groups is 1. The number of ether oxygens (including phenoxy) is 1. The lowest BCUT2D eigenvalue weighted by atomic mass is 10.2. The van der Waals surface area contributed by atoms with E-state index in [0.717, 1.165) is 32.7 Å². The molecule has 2 heterocycles. The van der Waals surface area contributed by atoms with Crippen LogP contribution in [0.5, 0.6) is 5.75 Å². The monoisotopic (exact) mass is 498 g/mol. The molecule has 0 bridgehead atoms. The van der Waals surface area contributed by atoms with Gasteiger partial charge in [-0.15, -0.1) is 0 Å². The molecule has 0 atom stereocenters. The Bertz CT molecular complexity index is 1140. The Hall–Kier alpha value is -2.35. The Kier molecular flexibility index (Phi) is 6.13. The molecule has 152 valence electrons. The van der Waals surface area contributed by atoms with Crippen LogP contribution in [-0.4, -0.2) is 14.9 Å². The largest absolute Gasteiger partial charge is 0.488 e. The van der Waals surface area contributed by atoms with Crippen molar-refractivity contribution >= 4 is 56.2 Å². The third-order valence-electron chi connectivity index (χ3n) is 4.70. The second kappa shape index (κ2) is 8.79. The minimum Gasteiger partial charge on any atom is -0.488 e. The number of aryl methyl sites for hydroxylation is 2. The lowest BCUT2D eigenvalue weighted by molar-refractivity contribution is -0.114. The van der Waals surface area contributed by atoms with Crippen molar-refractivity contribution in [2.24, 2.45) is 0 Å². The maximum atomic E-state index is 13.0. The number of carbonyl (C=O) groups is 1. The van der Waals surface area contributed by atoms with E-state index in [0.29, 0.717) is 15.8 Å². The molecule has 1 fully saturated rings. The Balaban J connectivity index is 1.53. The van der Waals surface area contributed by atoms with Crippen molar-refractivity contribution in [1.82, 2.24) is 4.68 Å². The predicted molar refractivity (Wildman–Crippen MR) is 130 cm³/mol. The van der Waals surface area contributed by atoms with Crippen LogP contribution in [0.15, 0.2) is 70.0 Å². The van der Waals surface area contributed by atoms with Gasteiger partial charge in [0, 0.05) is 11.4 Å². The van der Waals surface area contributed by atoms with E-state index in [-0.39, 0.29) is 5.91 Å². The van der Waals surface area contributed by atoms with Crippen LogP contribution >= 0.6 is 39.9 Å². The van der Waals surface area contributed by atoms with Gasteiger partial charge in [-0.2, -0.15) is 5.01 Å². The van der Waals surface area contributed by atoms with E-state index in [4.69, 9.17) is 17.0 Å². The fourth-order valence-corrected chi connectivity index (χ4v) is 4.97. The molecule has 0 saturated carbocycles. The summed E-state index contributed by atoms with van der Waals surface area (Å²) in [5.74, 6) is 0.634. The lowest BCUT2D eigenvalue weighted by Crippen LogP contribution is -2.39. The SMILES string of the molecule is Cc1ccc(C)n1N1C(=O)/C(=C\c2ccc(OCc3ccccc3)c(Br)c2)SC1=S. The number of carbonyl (C=O) groups excluding carboxylic acids is 1. The lowest BCUT2D eigenvalue weighted by Gasteiger charge is -2.20. The molecule has 4 nitrogen and oxygen atoms in total. The number of hydrogen-bond acceptors (Lipinski definition) is 4. The molecule has 1 amide bonds. The summed E-state index contributed by atoms with van der Waals surface area (Å²) < 4.78 is 9.12. The van der Waals surface area contributed by atoms with Crippen LogP contribution in [0, 0.1) is 13.8 Å². The molecule has 2 aromatic carbocycles. The van der Waals surface area contributed by atoms with Crippen LogP contribution in [0.25, 0.3) is 6.08 Å². The van der Waals surface area contributed by atoms with Gasteiger partial charge in [-0.05, 0) is 83.5 Å². The summed E-state index contributed by atoms with van der Waals surface area (Å²) in [6.07, 6.45) is 1.86. The molecule has 1 aliphatic heterocycles. The maximum absolute atomic E-state index is 13.0. The number of benzene rings is 2. The second-order valence-electron chi connectivity index (χ2n) is 6.89. The van der Waals surface area contributed by atoms with Gasteiger partial charge in [0.25, 0.3) is 5.91 Å². The van der Waals surface area contributed by atoms with Crippen molar-refractivity contribution in [3.63, 3.8) is 0 Å². The summed E-state index contributed by atoms with van der Waals surface area (Å²) in [5.41, 5.74) is 3.93. The number of nitrogens with zero attached hydrogens (tertiary/aromatic N) is 2. The quantitative estimate of drug-likeness (QED) is 0.319. The second-order valence-corrected chi connectivity index (χ2v) is 9.42. The van der Waals surface area contributed by atoms with E-state index in [2.05, 4.69) is 15.9 Å². The van der Waals surface area contributed by atoms with E-state index in [9.17, 15) is 4.79 Å². The first-order chi connectivity index (χ1) is 14.4. The molecule has 1 aromatic heterocycles. The maximum Gasteiger partial charge on any atom is 0.285 e. The predicted octanol–water partition coefficient (Wildman–Crippen LogP) is 5.98. The standard InChI is InChI=1S/C23H19BrN2O2S2/c1-15-8-9-16(2)25(15)26-22(27)21(30-23(26)29)13-18-10-11-20(19(24)12-18)28-14-17-6-4-3-5-7-17/h3-13H,14H2,1-2H3/b21-13+. The van der Waals surface area contributed by atoms with Crippen molar-refractivity contribution < 1.29 is 9.53 Å². The van der Waals surface area contributed by atoms with Gasteiger partial charge >= 0.3 is 0 Å². The molecule has 0 spiro atoms. The first-order valence-corrected chi connectivity index (χ1v) is 11.4. The van der Waals surface area contributed by atoms with Gasteiger partial charge < -0.3 is 4.74 Å². The van der Waals surface area contributed by atoms with Gasteiger partial charge in [-0.3, -0.25) is 9.47 Å². The summed E-state index contributed by atoms with van der Waals surface area (Å²) in [4.78, 5) is 13.6. The Morgan fingerprint density at radius 1 is 1.07 bits per heavy atom. The van der Waals surface area contributed by atoms with Crippen molar-refractivity contribution in [2.45, 2.75) is 20.5 Å². The Morgan fingerprint density at radius 2 is 1.77 bits per heavy atom. The summed E-state index contributed by atoms with van der Waals surface area (Å²) in [7, 11) is 0. The molecule has 0 aliphatic carbocycles. The van der Waals surface area contributed by atoms with Gasteiger partial charge in [0.05, 0.1) is 9.38 Å². The van der Waals surface area contributed by atoms with Crippen LogP contribution in [0.1, 0.15) is 22.5 Å². The van der Waals surface area contributed by atoms with Crippen LogP contribution in [0.2, 0.25) is 0 Å². The molecule has 30 heavy (non-hydrogen) atoms. The van der Waals surface area contributed by atoms with Gasteiger partial charge in [0.15, 0.2) is 4.32 Å². The Labute approximate surface area is 193 Å². The summed E-state index contributed by atoms with van der Waals surface area (Å²) >= 11 is 10.4. The van der Waals surface area contributed by atoms with Crippen LogP contribution in [0.4, 0.5) is 0 Å². The highest BCUT2D eigenvalue weighted by Gasteiger charge is 2.34. The molecule has 0 unspecified atom stereocenters. The van der Waals surface area contributed by atoms with E-state index in [1.165, 1.54) is 11.8 Å². The first kappa shape index (κ1) is 20.9. The van der Waals surface area contributed by atoms with E-state index in [1.54, 1.807) is 5.01 Å². The van der Waals surface area contributed by atoms with Gasteiger partial charge in [-0.1, -0.05) is 48.2 Å². The smallest absolute Gasteiger partial charge is 0.285 e. The topological polar surface area (TPSA) is 34.5 Å².